The molecule has 0 aliphatic heterocycles. The van der Waals surface area contributed by atoms with Gasteiger partial charge in [0.15, 0.2) is 0 Å². The maximum atomic E-state index is 14.3. The fourth-order valence-corrected chi connectivity index (χ4v) is 4.04. The SMILES string of the molecule is CCOC(=O)c1cccc(NC(=O)C(CC)N(c2ccccc2F)S(C)(=O)=O)c1. The molecule has 0 heterocycles. The highest BCUT2D eigenvalue weighted by atomic mass is 32.2. The van der Waals surface area contributed by atoms with Crippen molar-refractivity contribution in [3.63, 3.8) is 0 Å². The minimum atomic E-state index is -3.96. The van der Waals surface area contributed by atoms with Crippen molar-refractivity contribution in [3.05, 3.63) is 59.9 Å². The van der Waals surface area contributed by atoms with Gasteiger partial charge in [0, 0.05) is 5.69 Å². The standard InChI is InChI=1S/C20H23FN2O5S/c1-4-17(23(29(3,26)27)18-12-7-6-11-16(18)21)19(24)22-15-10-8-9-14(13-15)20(25)28-5-2/h6-13,17H,4-5H2,1-3H3,(H,22,24). The lowest BCUT2D eigenvalue weighted by Gasteiger charge is -2.30. The first-order valence-electron chi connectivity index (χ1n) is 9.01. The largest absolute Gasteiger partial charge is 0.462 e. The summed E-state index contributed by atoms with van der Waals surface area (Å²) in [6.07, 6.45) is 1.02. The number of benzene rings is 2. The summed E-state index contributed by atoms with van der Waals surface area (Å²) >= 11 is 0. The second-order valence-corrected chi connectivity index (χ2v) is 8.08. The summed E-state index contributed by atoms with van der Waals surface area (Å²) in [4.78, 5) is 24.7. The maximum absolute atomic E-state index is 14.3. The fraction of sp³-hybridized carbons (Fsp3) is 0.300. The van der Waals surface area contributed by atoms with Crippen LogP contribution < -0.4 is 9.62 Å². The molecular formula is C20H23FN2O5S. The molecule has 29 heavy (non-hydrogen) atoms. The summed E-state index contributed by atoms with van der Waals surface area (Å²) in [5.41, 5.74) is 0.324. The molecule has 2 rings (SSSR count). The minimum Gasteiger partial charge on any atom is -0.462 e. The van der Waals surface area contributed by atoms with Gasteiger partial charge in [-0.1, -0.05) is 25.1 Å². The second-order valence-electron chi connectivity index (χ2n) is 6.22. The first-order chi connectivity index (χ1) is 13.7. The van der Waals surface area contributed by atoms with Gasteiger partial charge >= 0.3 is 5.97 Å². The van der Waals surface area contributed by atoms with Gasteiger partial charge in [0.2, 0.25) is 15.9 Å². The van der Waals surface area contributed by atoms with Crippen molar-refractivity contribution < 1.29 is 27.1 Å². The fourth-order valence-electron chi connectivity index (χ4n) is 2.83. The number of amides is 1. The van der Waals surface area contributed by atoms with E-state index in [0.29, 0.717) is 5.69 Å². The Labute approximate surface area is 169 Å². The van der Waals surface area contributed by atoms with E-state index in [0.717, 1.165) is 16.6 Å². The van der Waals surface area contributed by atoms with Crippen LogP contribution in [-0.4, -0.2) is 39.2 Å². The van der Waals surface area contributed by atoms with E-state index in [1.54, 1.807) is 26.0 Å². The van der Waals surface area contributed by atoms with Crippen LogP contribution in [0.3, 0.4) is 0 Å². The third kappa shape index (κ3) is 5.54. The van der Waals surface area contributed by atoms with Crippen molar-refractivity contribution in [2.24, 2.45) is 0 Å². The first kappa shape index (κ1) is 22.4. The van der Waals surface area contributed by atoms with Crippen molar-refractivity contribution in [1.82, 2.24) is 0 Å². The van der Waals surface area contributed by atoms with E-state index < -0.39 is 33.8 Å². The second kappa shape index (κ2) is 9.51. The molecule has 9 heteroatoms. The molecule has 0 radical (unpaired) electrons. The highest BCUT2D eigenvalue weighted by Crippen LogP contribution is 2.26. The number of esters is 1. The molecule has 1 atom stereocenters. The van der Waals surface area contributed by atoms with Crippen LogP contribution in [0.25, 0.3) is 0 Å². The number of anilines is 2. The lowest BCUT2D eigenvalue weighted by molar-refractivity contribution is -0.117. The number of nitrogens with one attached hydrogen (secondary N) is 1. The van der Waals surface area contributed by atoms with E-state index >= 15 is 0 Å². The topological polar surface area (TPSA) is 92.8 Å². The molecule has 156 valence electrons. The predicted molar refractivity (Wildman–Crippen MR) is 109 cm³/mol. The van der Waals surface area contributed by atoms with Crippen LogP contribution >= 0.6 is 0 Å². The van der Waals surface area contributed by atoms with Crippen LogP contribution in [0.1, 0.15) is 30.6 Å². The van der Waals surface area contributed by atoms with Crippen molar-refractivity contribution in [2.45, 2.75) is 26.3 Å². The van der Waals surface area contributed by atoms with Crippen molar-refractivity contribution >= 4 is 33.3 Å². The van der Waals surface area contributed by atoms with Gasteiger partial charge in [-0.15, -0.1) is 0 Å². The lowest BCUT2D eigenvalue weighted by Crippen LogP contribution is -2.47. The molecule has 1 N–H and O–H groups in total. The highest BCUT2D eigenvalue weighted by Gasteiger charge is 2.33. The Morgan fingerprint density at radius 3 is 2.41 bits per heavy atom. The molecule has 0 bridgehead atoms. The molecule has 1 amide bonds. The molecule has 0 aromatic heterocycles. The zero-order chi connectivity index (χ0) is 21.6. The summed E-state index contributed by atoms with van der Waals surface area (Å²) in [6, 6.07) is 10.2. The molecule has 2 aromatic rings. The molecular weight excluding hydrogens is 399 g/mol. The van der Waals surface area contributed by atoms with Gasteiger partial charge in [-0.2, -0.15) is 0 Å². The number of rotatable bonds is 8. The molecule has 1 unspecified atom stereocenters. The molecule has 0 saturated heterocycles. The number of halogens is 1. The summed E-state index contributed by atoms with van der Waals surface area (Å²) in [7, 11) is -3.96. The van der Waals surface area contributed by atoms with Gasteiger partial charge in [0.1, 0.15) is 11.9 Å². The number of hydrogen-bond acceptors (Lipinski definition) is 5. The average Bonchev–Trinajstić information content (AvgIpc) is 2.66. The summed E-state index contributed by atoms with van der Waals surface area (Å²) < 4.78 is 44.7. The Bertz CT molecular complexity index is 994. The van der Waals surface area contributed by atoms with E-state index in [4.69, 9.17) is 4.74 Å². The predicted octanol–water partition coefficient (Wildman–Crippen LogP) is 3.19. The number of nitrogens with zero attached hydrogens (tertiary/aromatic N) is 1. The van der Waals surface area contributed by atoms with E-state index in [1.807, 2.05) is 0 Å². The molecule has 0 aliphatic carbocycles. The van der Waals surface area contributed by atoms with Gasteiger partial charge < -0.3 is 10.1 Å². The van der Waals surface area contributed by atoms with Gasteiger partial charge in [0.25, 0.3) is 0 Å². The van der Waals surface area contributed by atoms with Gasteiger partial charge in [-0.3, -0.25) is 9.10 Å². The highest BCUT2D eigenvalue weighted by molar-refractivity contribution is 7.92. The van der Waals surface area contributed by atoms with E-state index in [1.165, 1.54) is 30.3 Å². The van der Waals surface area contributed by atoms with E-state index in [9.17, 15) is 22.4 Å². The number of sulfonamides is 1. The van der Waals surface area contributed by atoms with Crippen LogP contribution in [0.4, 0.5) is 15.8 Å². The van der Waals surface area contributed by atoms with Crippen LogP contribution in [0, 0.1) is 5.82 Å². The third-order valence-corrected chi connectivity index (χ3v) is 5.23. The van der Waals surface area contributed by atoms with Crippen molar-refractivity contribution in [3.8, 4) is 0 Å². The summed E-state index contributed by atoms with van der Waals surface area (Å²) in [5.74, 6) is -1.95. The number of para-hydroxylation sites is 1. The number of ether oxygens (including phenoxy) is 1. The normalized spacial score (nSPS) is 12.1. The Kier molecular flexibility index (Phi) is 7.33. The monoisotopic (exact) mass is 422 g/mol. The molecule has 2 aromatic carbocycles. The Morgan fingerprint density at radius 2 is 1.83 bits per heavy atom. The average molecular weight is 422 g/mol. The van der Waals surface area contributed by atoms with Gasteiger partial charge in [0.05, 0.1) is 24.1 Å². The molecule has 0 fully saturated rings. The zero-order valence-corrected chi connectivity index (χ0v) is 17.2. The summed E-state index contributed by atoms with van der Waals surface area (Å²) in [6.45, 7) is 3.51. The van der Waals surface area contributed by atoms with Gasteiger partial charge in [-0.05, 0) is 43.7 Å². The van der Waals surface area contributed by atoms with Crippen LogP contribution in [0.2, 0.25) is 0 Å². The van der Waals surface area contributed by atoms with Gasteiger partial charge in [-0.25, -0.2) is 17.6 Å². The van der Waals surface area contributed by atoms with Crippen LogP contribution in [0.15, 0.2) is 48.5 Å². The number of hydrogen-bond donors (Lipinski definition) is 1. The molecule has 7 nitrogen and oxygen atoms in total. The molecule has 0 spiro atoms. The summed E-state index contributed by atoms with van der Waals surface area (Å²) in [5, 5.41) is 2.60. The van der Waals surface area contributed by atoms with Crippen molar-refractivity contribution in [1.29, 1.82) is 0 Å². The lowest BCUT2D eigenvalue weighted by atomic mass is 10.1. The Hall–Kier alpha value is -2.94. The smallest absolute Gasteiger partial charge is 0.338 e. The van der Waals surface area contributed by atoms with E-state index in [2.05, 4.69) is 5.32 Å². The quantitative estimate of drug-likeness (QED) is 0.660. The van der Waals surface area contributed by atoms with Crippen LogP contribution in [0.5, 0.6) is 0 Å². The van der Waals surface area contributed by atoms with Crippen molar-refractivity contribution in [2.75, 3.05) is 22.5 Å². The first-order valence-corrected chi connectivity index (χ1v) is 10.9. The van der Waals surface area contributed by atoms with E-state index in [-0.39, 0.29) is 24.3 Å². The number of carbonyl (C=O) groups excluding carboxylic acids is 2. The number of carbonyl (C=O) groups is 2. The Morgan fingerprint density at radius 1 is 1.14 bits per heavy atom. The Balaban J connectivity index is 2.35. The minimum absolute atomic E-state index is 0.102. The third-order valence-electron chi connectivity index (χ3n) is 4.06. The maximum Gasteiger partial charge on any atom is 0.338 e. The van der Waals surface area contributed by atoms with Crippen LogP contribution in [-0.2, 0) is 19.6 Å². The molecule has 0 aliphatic rings. The molecule has 0 saturated carbocycles. The zero-order valence-electron chi connectivity index (χ0n) is 16.4.